The highest BCUT2D eigenvalue weighted by molar-refractivity contribution is 5.34. The van der Waals surface area contributed by atoms with Crippen molar-refractivity contribution in [1.82, 2.24) is 0 Å². The normalized spacial score (nSPS) is 47.5. The Balaban J connectivity index is 2.15. The van der Waals surface area contributed by atoms with Crippen LogP contribution in [0.4, 0.5) is 13.2 Å². The molecule has 0 aliphatic heterocycles. The van der Waals surface area contributed by atoms with Crippen LogP contribution in [0, 0.1) is 16.7 Å². The minimum absolute atomic E-state index is 0.198. The third kappa shape index (κ3) is 0.588. The lowest BCUT2D eigenvalue weighted by molar-refractivity contribution is -0.168. The molecule has 3 heteroatoms. The molecule has 0 aromatic carbocycles. The van der Waals surface area contributed by atoms with E-state index >= 15 is 0 Å². The van der Waals surface area contributed by atoms with Crippen molar-refractivity contribution in [3.63, 3.8) is 0 Å². The number of hydrogen-bond acceptors (Lipinski definition) is 0. The van der Waals surface area contributed by atoms with Crippen molar-refractivity contribution in [2.24, 2.45) is 16.7 Å². The van der Waals surface area contributed by atoms with Gasteiger partial charge in [-0.1, -0.05) is 13.8 Å². The molecule has 2 rings (SSSR count). The van der Waals surface area contributed by atoms with E-state index in [1.807, 2.05) is 13.8 Å². The molecule has 0 bridgehead atoms. The molecule has 0 heterocycles. The minimum atomic E-state index is -3.93. The summed E-state index contributed by atoms with van der Waals surface area (Å²) < 4.78 is 36.8. The van der Waals surface area contributed by atoms with Crippen LogP contribution in [0.25, 0.3) is 0 Å². The molecule has 0 nitrogen and oxygen atoms in total. The van der Waals surface area contributed by atoms with Crippen molar-refractivity contribution in [3.8, 4) is 0 Å². The zero-order valence-electron chi connectivity index (χ0n) is 6.63. The van der Waals surface area contributed by atoms with Crippen LogP contribution in [0.3, 0.4) is 0 Å². The van der Waals surface area contributed by atoms with E-state index in [0.29, 0.717) is 12.8 Å². The average molecular weight is 164 g/mol. The zero-order chi connectivity index (χ0) is 8.49. The van der Waals surface area contributed by atoms with E-state index in [-0.39, 0.29) is 11.3 Å². The summed E-state index contributed by atoms with van der Waals surface area (Å²) in [5, 5.41) is 0. The van der Waals surface area contributed by atoms with E-state index < -0.39 is 11.6 Å². The fourth-order valence-electron chi connectivity index (χ4n) is 2.38. The Bertz CT molecular complexity index is 196. The average Bonchev–Trinajstić information content (AvgIpc) is 2.36. The molecule has 2 aliphatic carbocycles. The van der Waals surface area contributed by atoms with Crippen molar-refractivity contribution < 1.29 is 13.2 Å². The third-order valence-electron chi connectivity index (χ3n) is 3.59. The van der Waals surface area contributed by atoms with Crippen molar-refractivity contribution in [2.75, 3.05) is 0 Å². The van der Waals surface area contributed by atoms with Crippen LogP contribution in [0.5, 0.6) is 0 Å². The smallest absolute Gasteiger partial charge is 0.170 e. The number of alkyl halides is 3. The van der Waals surface area contributed by atoms with Crippen molar-refractivity contribution >= 4 is 0 Å². The highest BCUT2D eigenvalue weighted by atomic mass is 19.4. The van der Waals surface area contributed by atoms with Gasteiger partial charge in [-0.15, -0.1) is 0 Å². The fraction of sp³-hybridized carbons (Fsp3) is 1.00. The van der Waals surface area contributed by atoms with E-state index in [2.05, 4.69) is 0 Å². The summed E-state index contributed by atoms with van der Waals surface area (Å²) in [7, 11) is 0. The van der Waals surface area contributed by atoms with Crippen molar-refractivity contribution in [3.05, 3.63) is 0 Å². The standard InChI is InChI=1S/C8H11F3/c1-5(2)6-3-7(6,4-6)8(9,10)11/h5H,3-4H2,1-2H3. The van der Waals surface area contributed by atoms with Crippen molar-refractivity contribution in [1.29, 1.82) is 0 Å². The molecule has 64 valence electrons. The second-order valence-corrected chi connectivity index (χ2v) is 4.24. The fourth-order valence-corrected chi connectivity index (χ4v) is 2.38. The van der Waals surface area contributed by atoms with Gasteiger partial charge in [-0.25, -0.2) is 0 Å². The van der Waals surface area contributed by atoms with Crippen LogP contribution in [0.1, 0.15) is 26.7 Å². The number of halogens is 3. The van der Waals surface area contributed by atoms with Gasteiger partial charge in [0, 0.05) is 0 Å². The first-order chi connectivity index (χ1) is 4.86. The molecule has 0 aromatic heterocycles. The Labute approximate surface area is 63.8 Å². The van der Waals surface area contributed by atoms with Gasteiger partial charge in [0.1, 0.15) is 0 Å². The Kier molecular flexibility index (Phi) is 0.985. The van der Waals surface area contributed by atoms with Gasteiger partial charge in [-0.2, -0.15) is 13.2 Å². The van der Waals surface area contributed by atoms with Crippen LogP contribution >= 0.6 is 0 Å². The molecule has 0 spiro atoms. The second-order valence-electron chi connectivity index (χ2n) is 4.24. The predicted molar refractivity (Wildman–Crippen MR) is 35.0 cm³/mol. The lowest BCUT2D eigenvalue weighted by atomic mass is 10.0. The van der Waals surface area contributed by atoms with Gasteiger partial charge in [0.15, 0.2) is 0 Å². The molecular formula is C8H11F3. The van der Waals surface area contributed by atoms with E-state index in [9.17, 15) is 13.2 Å². The Hall–Kier alpha value is -0.210. The Morgan fingerprint density at radius 3 is 1.73 bits per heavy atom. The summed E-state index contributed by atoms with van der Waals surface area (Å²) in [5.74, 6) is 0.198. The molecule has 2 saturated carbocycles. The summed E-state index contributed by atoms with van der Waals surface area (Å²) in [6.07, 6.45) is -3.15. The van der Waals surface area contributed by atoms with Gasteiger partial charge in [0.25, 0.3) is 0 Å². The first kappa shape index (κ1) is 7.44. The van der Waals surface area contributed by atoms with E-state index in [1.54, 1.807) is 0 Å². The quantitative estimate of drug-likeness (QED) is 0.558. The third-order valence-corrected chi connectivity index (χ3v) is 3.59. The summed E-state index contributed by atoms with van der Waals surface area (Å²) in [5.41, 5.74) is -1.56. The maximum atomic E-state index is 12.3. The molecule has 2 aliphatic rings. The summed E-state index contributed by atoms with van der Waals surface area (Å²) in [4.78, 5) is 0. The highest BCUT2D eigenvalue weighted by Gasteiger charge is 2.93. The maximum Gasteiger partial charge on any atom is 0.395 e. The molecule has 0 aromatic rings. The monoisotopic (exact) mass is 164 g/mol. The first-order valence-electron chi connectivity index (χ1n) is 3.92. The van der Waals surface area contributed by atoms with Crippen LogP contribution < -0.4 is 0 Å². The Morgan fingerprint density at radius 1 is 1.18 bits per heavy atom. The topological polar surface area (TPSA) is 0 Å². The van der Waals surface area contributed by atoms with Crippen molar-refractivity contribution in [2.45, 2.75) is 32.9 Å². The summed E-state index contributed by atoms with van der Waals surface area (Å²) >= 11 is 0. The SMILES string of the molecule is CC(C)C12CC1(C(F)(F)F)C2. The first-order valence-corrected chi connectivity index (χ1v) is 3.92. The van der Waals surface area contributed by atoms with Gasteiger partial charge in [-0.3, -0.25) is 0 Å². The zero-order valence-corrected chi connectivity index (χ0v) is 6.63. The number of hydrogen-bond donors (Lipinski definition) is 0. The van der Waals surface area contributed by atoms with Gasteiger partial charge >= 0.3 is 6.18 Å². The maximum absolute atomic E-state index is 12.3. The van der Waals surface area contributed by atoms with Gasteiger partial charge in [0.2, 0.25) is 0 Å². The number of rotatable bonds is 1. The van der Waals surface area contributed by atoms with Gasteiger partial charge in [0.05, 0.1) is 5.41 Å². The molecule has 0 unspecified atom stereocenters. The van der Waals surface area contributed by atoms with Crippen LogP contribution in [0.2, 0.25) is 0 Å². The minimum Gasteiger partial charge on any atom is -0.170 e. The molecule has 0 N–H and O–H groups in total. The number of fused-ring (bicyclic) bond motifs is 1. The molecule has 2 fully saturated rings. The van der Waals surface area contributed by atoms with E-state index in [4.69, 9.17) is 0 Å². The van der Waals surface area contributed by atoms with E-state index in [1.165, 1.54) is 0 Å². The molecule has 0 saturated heterocycles. The highest BCUT2D eigenvalue weighted by Crippen LogP contribution is 2.93. The summed E-state index contributed by atoms with van der Waals surface area (Å²) in [6.45, 7) is 3.78. The summed E-state index contributed by atoms with van der Waals surface area (Å²) in [6, 6.07) is 0. The van der Waals surface area contributed by atoms with Crippen LogP contribution in [0.15, 0.2) is 0 Å². The molecule has 0 amide bonds. The van der Waals surface area contributed by atoms with Gasteiger partial charge < -0.3 is 0 Å². The van der Waals surface area contributed by atoms with E-state index in [0.717, 1.165) is 0 Å². The van der Waals surface area contributed by atoms with Gasteiger partial charge in [-0.05, 0) is 24.2 Å². The molecule has 0 radical (unpaired) electrons. The molecular weight excluding hydrogens is 153 g/mol. The molecule has 0 atom stereocenters. The predicted octanol–water partition coefficient (Wildman–Crippen LogP) is 2.98. The second kappa shape index (κ2) is 1.46. The lowest BCUT2D eigenvalue weighted by Crippen LogP contribution is -2.16. The lowest BCUT2D eigenvalue weighted by Gasteiger charge is -2.06. The largest absolute Gasteiger partial charge is 0.395 e. The Morgan fingerprint density at radius 2 is 1.64 bits per heavy atom. The van der Waals surface area contributed by atoms with Crippen LogP contribution in [-0.4, -0.2) is 6.18 Å². The molecule has 11 heavy (non-hydrogen) atoms. The van der Waals surface area contributed by atoms with Crippen LogP contribution in [-0.2, 0) is 0 Å².